The van der Waals surface area contributed by atoms with Crippen LogP contribution in [-0.4, -0.2) is 17.7 Å². The molecule has 1 N–H and O–H groups in total. The number of benzene rings is 1. The molecule has 3 saturated carbocycles. The van der Waals surface area contributed by atoms with Gasteiger partial charge < -0.3 is 5.32 Å². The number of halogens is 1. The van der Waals surface area contributed by atoms with Crippen molar-refractivity contribution >= 4 is 11.7 Å². The Kier molecular flexibility index (Phi) is 6.15. The number of amides is 1. The van der Waals surface area contributed by atoms with E-state index in [0.717, 1.165) is 56.9 Å². The summed E-state index contributed by atoms with van der Waals surface area (Å²) in [6.07, 6.45) is 12.8. The van der Waals surface area contributed by atoms with Crippen molar-refractivity contribution in [3.05, 3.63) is 35.1 Å². The SMILES string of the molecule is C[C@]12CCC3c4cccc(F)c4CCC3C1[C@H](CCCC(=O)NC1CCCCC1)CC2=O. The van der Waals surface area contributed by atoms with Crippen molar-refractivity contribution in [3.63, 3.8) is 0 Å². The monoisotopic (exact) mass is 439 g/mol. The summed E-state index contributed by atoms with van der Waals surface area (Å²) in [5, 5.41) is 3.24. The van der Waals surface area contributed by atoms with E-state index in [-0.39, 0.29) is 17.1 Å². The molecule has 1 amide bonds. The third-order valence-corrected chi connectivity index (χ3v) is 9.51. The zero-order chi connectivity index (χ0) is 22.3. The zero-order valence-electron chi connectivity index (χ0n) is 19.5. The van der Waals surface area contributed by atoms with Gasteiger partial charge in [0.1, 0.15) is 11.6 Å². The van der Waals surface area contributed by atoms with Crippen molar-refractivity contribution in [2.75, 3.05) is 0 Å². The van der Waals surface area contributed by atoms with Gasteiger partial charge in [-0.1, -0.05) is 38.3 Å². The molecule has 0 aliphatic heterocycles. The van der Waals surface area contributed by atoms with Gasteiger partial charge in [0, 0.05) is 24.3 Å². The van der Waals surface area contributed by atoms with E-state index in [9.17, 15) is 14.0 Å². The Hall–Kier alpha value is -1.71. The van der Waals surface area contributed by atoms with Crippen LogP contribution in [0.1, 0.15) is 101 Å². The third kappa shape index (κ3) is 3.92. The fraction of sp³-hybridized carbons (Fsp3) is 0.714. The van der Waals surface area contributed by atoms with Crippen molar-refractivity contribution < 1.29 is 14.0 Å². The van der Waals surface area contributed by atoms with Gasteiger partial charge in [-0.05, 0) is 92.2 Å². The average Bonchev–Trinajstić information content (AvgIpc) is 3.04. The highest BCUT2D eigenvalue weighted by Crippen LogP contribution is 2.62. The van der Waals surface area contributed by atoms with Crippen LogP contribution in [0.5, 0.6) is 0 Å². The number of hydrogen-bond acceptors (Lipinski definition) is 2. The molecule has 0 bridgehead atoms. The van der Waals surface area contributed by atoms with Gasteiger partial charge in [0.25, 0.3) is 0 Å². The lowest BCUT2D eigenvalue weighted by atomic mass is 9.54. The standard InChI is InChI=1S/C28H38FNO2/c1-28-16-15-21-20-10-6-11-24(29)22(20)13-14-23(21)27(28)18(17-25(28)31)7-5-12-26(32)30-19-8-3-2-4-9-19/h6,10-11,18-19,21,23,27H,2-5,7-9,12-17H2,1H3,(H,30,32)/t18-,21?,23?,27?,28-/m1/s1. The van der Waals surface area contributed by atoms with E-state index in [4.69, 9.17) is 0 Å². The zero-order valence-corrected chi connectivity index (χ0v) is 19.5. The van der Waals surface area contributed by atoms with Crippen LogP contribution in [0.25, 0.3) is 0 Å². The van der Waals surface area contributed by atoms with E-state index in [1.54, 1.807) is 6.07 Å². The molecule has 4 aliphatic carbocycles. The number of carbonyl (C=O) groups is 2. The van der Waals surface area contributed by atoms with Crippen molar-refractivity contribution in [2.24, 2.45) is 23.2 Å². The topological polar surface area (TPSA) is 46.2 Å². The number of nitrogens with one attached hydrogen (secondary N) is 1. The van der Waals surface area contributed by atoms with Crippen LogP contribution in [0, 0.1) is 29.0 Å². The minimum absolute atomic E-state index is 0.0580. The van der Waals surface area contributed by atoms with Gasteiger partial charge in [-0.15, -0.1) is 0 Å². The van der Waals surface area contributed by atoms with Crippen LogP contribution >= 0.6 is 0 Å². The molecule has 3 unspecified atom stereocenters. The first kappa shape index (κ1) is 22.1. The molecule has 1 aromatic carbocycles. The molecule has 0 saturated heterocycles. The van der Waals surface area contributed by atoms with E-state index in [1.807, 2.05) is 6.07 Å². The first-order valence-corrected chi connectivity index (χ1v) is 13.1. The number of ketones is 1. The highest BCUT2D eigenvalue weighted by Gasteiger charge is 2.58. The Bertz CT molecular complexity index is 876. The molecular formula is C28H38FNO2. The van der Waals surface area contributed by atoms with Crippen molar-refractivity contribution in [2.45, 2.75) is 102 Å². The second kappa shape index (κ2) is 8.91. The Morgan fingerprint density at radius 1 is 1.16 bits per heavy atom. The van der Waals surface area contributed by atoms with E-state index in [1.165, 1.54) is 24.8 Å². The molecule has 0 aromatic heterocycles. The van der Waals surface area contributed by atoms with Gasteiger partial charge in [0.15, 0.2) is 0 Å². The lowest BCUT2D eigenvalue weighted by Crippen LogP contribution is -2.44. The molecule has 4 heteroatoms. The first-order chi connectivity index (χ1) is 15.5. The molecule has 3 fully saturated rings. The molecular weight excluding hydrogens is 401 g/mol. The van der Waals surface area contributed by atoms with Crippen LogP contribution in [-0.2, 0) is 16.0 Å². The summed E-state index contributed by atoms with van der Waals surface area (Å²) < 4.78 is 14.4. The number of carbonyl (C=O) groups excluding carboxylic acids is 2. The van der Waals surface area contributed by atoms with E-state index >= 15 is 0 Å². The molecule has 4 aliphatic rings. The fourth-order valence-corrected chi connectivity index (χ4v) is 7.97. The van der Waals surface area contributed by atoms with Gasteiger partial charge in [-0.2, -0.15) is 0 Å². The average molecular weight is 440 g/mol. The summed E-state index contributed by atoms with van der Waals surface area (Å²) in [5.41, 5.74) is 1.90. The van der Waals surface area contributed by atoms with Crippen molar-refractivity contribution in [3.8, 4) is 0 Å². The second-order valence-electron chi connectivity index (χ2n) is 11.3. The number of hydrogen-bond donors (Lipinski definition) is 1. The predicted octanol–water partition coefficient (Wildman–Crippen LogP) is 6.10. The highest BCUT2D eigenvalue weighted by molar-refractivity contribution is 5.87. The molecule has 0 spiro atoms. The minimum atomic E-state index is -0.221. The third-order valence-electron chi connectivity index (χ3n) is 9.51. The Balaban J connectivity index is 1.25. The van der Waals surface area contributed by atoms with Crippen LogP contribution in [0.3, 0.4) is 0 Å². The van der Waals surface area contributed by atoms with Crippen LogP contribution in [0.15, 0.2) is 18.2 Å². The molecule has 5 atom stereocenters. The van der Waals surface area contributed by atoms with Gasteiger partial charge in [-0.25, -0.2) is 4.39 Å². The van der Waals surface area contributed by atoms with Crippen LogP contribution in [0.2, 0.25) is 0 Å². The lowest BCUT2D eigenvalue weighted by molar-refractivity contribution is -0.129. The smallest absolute Gasteiger partial charge is 0.220 e. The molecule has 174 valence electrons. The maximum Gasteiger partial charge on any atom is 0.220 e. The maximum atomic E-state index is 14.4. The van der Waals surface area contributed by atoms with Crippen LogP contribution < -0.4 is 5.32 Å². The number of Topliss-reactive ketones (excluding diaryl/α,β-unsaturated/α-hetero) is 1. The Morgan fingerprint density at radius 3 is 2.78 bits per heavy atom. The molecule has 0 heterocycles. The summed E-state index contributed by atoms with van der Waals surface area (Å²) >= 11 is 0. The predicted molar refractivity (Wildman–Crippen MR) is 124 cm³/mol. The van der Waals surface area contributed by atoms with E-state index in [2.05, 4.69) is 18.3 Å². The molecule has 1 aromatic rings. The van der Waals surface area contributed by atoms with E-state index in [0.29, 0.717) is 48.3 Å². The van der Waals surface area contributed by atoms with Gasteiger partial charge in [-0.3, -0.25) is 9.59 Å². The lowest BCUT2D eigenvalue weighted by Gasteiger charge is -2.50. The number of rotatable bonds is 5. The Labute approximate surface area is 191 Å². The Morgan fingerprint density at radius 2 is 1.97 bits per heavy atom. The summed E-state index contributed by atoms with van der Waals surface area (Å²) in [7, 11) is 0. The van der Waals surface area contributed by atoms with Gasteiger partial charge >= 0.3 is 0 Å². The quantitative estimate of drug-likeness (QED) is 0.603. The van der Waals surface area contributed by atoms with Gasteiger partial charge in [0.05, 0.1) is 0 Å². The number of fused-ring (bicyclic) bond motifs is 5. The first-order valence-electron chi connectivity index (χ1n) is 13.1. The maximum absolute atomic E-state index is 14.4. The molecule has 3 nitrogen and oxygen atoms in total. The highest BCUT2D eigenvalue weighted by atomic mass is 19.1. The van der Waals surface area contributed by atoms with E-state index < -0.39 is 0 Å². The molecule has 32 heavy (non-hydrogen) atoms. The molecule has 5 rings (SSSR count). The van der Waals surface area contributed by atoms with Crippen LogP contribution in [0.4, 0.5) is 4.39 Å². The summed E-state index contributed by atoms with van der Waals surface area (Å²) in [6.45, 7) is 2.20. The fourth-order valence-electron chi connectivity index (χ4n) is 7.97. The van der Waals surface area contributed by atoms with Crippen molar-refractivity contribution in [1.82, 2.24) is 5.32 Å². The summed E-state index contributed by atoms with van der Waals surface area (Å²) in [6, 6.07) is 5.94. The second-order valence-corrected chi connectivity index (χ2v) is 11.3. The molecule has 0 radical (unpaired) electrons. The normalized spacial score (nSPS) is 34.5. The minimum Gasteiger partial charge on any atom is -0.353 e. The van der Waals surface area contributed by atoms with Crippen molar-refractivity contribution in [1.29, 1.82) is 0 Å². The summed E-state index contributed by atoms with van der Waals surface area (Å²) in [4.78, 5) is 25.6. The summed E-state index contributed by atoms with van der Waals surface area (Å²) in [5.74, 6) is 2.17. The van der Waals surface area contributed by atoms with Gasteiger partial charge in [0.2, 0.25) is 5.91 Å². The largest absolute Gasteiger partial charge is 0.353 e.